The van der Waals surface area contributed by atoms with Crippen molar-refractivity contribution in [2.45, 2.75) is 26.4 Å². The number of hydrogen-bond donors (Lipinski definition) is 1. The highest BCUT2D eigenvalue weighted by Crippen LogP contribution is 2.19. The predicted molar refractivity (Wildman–Crippen MR) is 72.8 cm³/mol. The molecule has 2 rings (SSSR count). The van der Waals surface area contributed by atoms with Crippen molar-refractivity contribution in [2.75, 3.05) is 0 Å². The molecule has 0 fully saturated rings. The molecule has 1 N–H and O–H groups in total. The van der Waals surface area contributed by atoms with E-state index in [-0.39, 0.29) is 0 Å². The van der Waals surface area contributed by atoms with Gasteiger partial charge in [-0.2, -0.15) is 0 Å². The maximum Gasteiger partial charge on any atom is 0.131 e. The van der Waals surface area contributed by atoms with E-state index in [0.717, 1.165) is 16.8 Å². The molecule has 3 heteroatoms. The largest absolute Gasteiger partial charge is 0.467 e. The molecule has 1 aromatic heterocycles. The fourth-order valence-corrected chi connectivity index (χ4v) is 2.10. The summed E-state index contributed by atoms with van der Waals surface area (Å²) in [5, 5.41) is 3.45. The first-order chi connectivity index (χ1) is 8.16. The van der Waals surface area contributed by atoms with Crippen LogP contribution in [0.2, 0.25) is 0 Å². The standard InChI is InChI=1S/C14H16BrNO/c1-10-4-3-5-12(8-10)11(2)16-9-14-13(15)6-7-17-14/h3-8,11,16H,9H2,1-2H3/t11-/m1/s1. The van der Waals surface area contributed by atoms with Crippen molar-refractivity contribution >= 4 is 15.9 Å². The first kappa shape index (κ1) is 12.4. The van der Waals surface area contributed by atoms with Crippen molar-refractivity contribution < 1.29 is 4.42 Å². The van der Waals surface area contributed by atoms with Crippen molar-refractivity contribution in [3.63, 3.8) is 0 Å². The summed E-state index contributed by atoms with van der Waals surface area (Å²) in [5.41, 5.74) is 2.59. The minimum absolute atomic E-state index is 0.312. The van der Waals surface area contributed by atoms with Crippen LogP contribution in [0.4, 0.5) is 0 Å². The summed E-state index contributed by atoms with van der Waals surface area (Å²) >= 11 is 3.45. The zero-order chi connectivity index (χ0) is 12.3. The van der Waals surface area contributed by atoms with E-state index in [1.54, 1.807) is 6.26 Å². The molecule has 0 aliphatic rings. The number of benzene rings is 1. The molecule has 0 amide bonds. The van der Waals surface area contributed by atoms with Crippen molar-refractivity contribution in [2.24, 2.45) is 0 Å². The van der Waals surface area contributed by atoms with Gasteiger partial charge in [0, 0.05) is 6.04 Å². The minimum atomic E-state index is 0.312. The van der Waals surface area contributed by atoms with Gasteiger partial charge in [-0.3, -0.25) is 0 Å². The molecule has 1 atom stereocenters. The van der Waals surface area contributed by atoms with Crippen LogP contribution < -0.4 is 5.32 Å². The van der Waals surface area contributed by atoms with E-state index in [1.165, 1.54) is 11.1 Å². The van der Waals surface area contributed by atoms with Crippen molar-refractivity contribution in [1.82, 2.24) is 5.32 Å². The summed E-state index contributed by atoms with van der Waals surface area (Å²) in [5.74, 6) is 0.935. The molecule has 1 aromatic carbocycles. The number of aryl methyl sites for hydroxylation is 1. The van der Waals surface area contributed by atoms with E-state index in [1.807, 2.05) is 6.07 Å². The third-order valence-electron chi connectivity index (χ3n) is 2.80. The van der Waals surface area contributed by atoms with E-state index in [0.29, 0.717) is 6.04 Å². The van der Waals surface area contributed by atoms with E-state index >= 15 is 0 Å². The SMILES string of the molecule is Cc1cccc([C@@H](C)NCc2occc2Br)c1. The first-order valence-corrected chi connectivity index (χ1v) is 6.48. The monoisotopic (exact) mass is 293 g/mol. The lowest BCUT2D eigenvalue weighted by molar-refractivity contribution is 0.458. The quantitative estimate of drug-likeness (QED) is 0.914. The van der Waals surface area contributed by atoms with E-state index in [2.05, 4.69) is 59.4 Å². The first-order valence-electron chi connectivity index (χ1n) is 5.68. The van der Waals surface area contributed by atoms with Crippen LogP contribution in [0.5, 0.6) is 0 Å². The number of nitrogens with one attached hydrogen (secondary N) is 1. The van der Waals surface area contributed by atoms with E-state index in [9.17, 15) is 0 Å². The van der Waals surface area contributed by atoms with Gasteiger partial charge >= 0.3 is 0 Å². The maximum absolute atomic E-state index is 5.36. The highest BCUT2D eigenvalue weighted by atomic mass is 79.9. The Bertz CT molecular complexity index is 492. The molecule has 0 saturated heterocycles. The Morgan fingerprint density at radius 2 is 2.18 bits per heavy atom. The Kier molecular flexibility index (Phi) is 4.02. The lowest BCUT2D eigenvalue weighted by Gasteiger charge is -2.14. The van der Waals surface area contributed by atoms with Gasteiger partial charge in [0.2, 0.25) is 0 Å². The molecule has 90 valence electrons. The van der Waals surface area contributed by atoms with Gasteiger partial charge in [-0.25, -0.2) is 0 Å². The van der Waals surface area contributed by atoms with Gasteiger partial charge in [0.05, 0.1) is 17.3 Å². The Morgan fingerprint density at radius 3 is 2.82 bits per heavy atom. The van der Waals surface area contributed by atoms with Gasteiger partial charge in [0.1, 0.15) is 5.76 Å². The Morgan fingerprint density at radius 1 is 1.35 bits per heavy atom. The third-order valence-corrected chi connectivity index (χ3v) is 3.51. The predicted octanol–water partition coefficient (Wildman–Crippen LogP) is 4.20. The summed E-state index contributed by atoms with van der Waals surface area (Å²) in [7, 11) is 0. The molecule has 0 spiro atoms. The fourth-order valence-electron chi connectivity index (χ4n) is 1.75. The molecule has 1 heterocycles. The third kappa shape index (κ3) is 3.20. The maximum atomic E-state index is 5.36. The Balaban J connectivity index is 1.98. The van der Waals surface area contributed by atoms with Gasteiger partial charge in [0.25, 0.3) is 0 Å². The lowest BCUT2D eigenvalue weighted by atomic mass is 10.1. The summed E-state index contributed by atoms with van der Waals surface area (Å²) < 4.78 is 6.38. The zero-order valence-electron chi connectivity index (χ0n) is 10.0. The van der Waals surface area contributed by atoms with Crippen LogP contribution in [0.15, 0.2) is 45.5 Å². The molecule has 0 saturated carbocycles. The normalized spacial score (nSPS) is 12.6. The van der Waals surface area contributed by atoms with E-state index in [4.69, 9.17) is 4.42 Å². The molecule has 2 nitrogen and oxygen atoms in total. The average molecular weight is 294 g/mol. The zero-order valence-corrected chi connectivity index (χ0v) is 11.6. The molecule has 0 aliphatic heterocycles. The second-order valence-corrected chi connectivity index (χ2v) is 5.06. The number of rotatable bonds is 4. The topological polar surface area (TPSA) is 25.2 Å². The van der Waals surface area contributed by atoms with Gasteiger partial charge in [-0.1, -0.05) is 29.8 Å². The summed E-state index contributed by atoms with van der Waals surface area (Å²) in [4.78, 5) is 0. The fraction of sp³-hybridized carbons (Fsp3) is 0.286. The second-order valence-electron chi connectivity index (χ2n) is 4.21. The van der Waals surface area contributed by atoms with Gasteiger partial charge in [-0.15, -0.1) is 0 Å². The molecular weight excluding hydrogens is 278 g/mol. The Labute approximate surface area is 110 Å². The molecular formula is C14H16BrNO. The van der Waals surface area contributed by atoms with Crippen LogP contribution >= 0.6 is 15.9 Å². The minimum Gasteiger partial charge on any atom is -0.467 e. The van der Waals surface area contributed by atoms with Gasteiger partial charge in [0.15, 0.2) is 0 Å². The van der Waals surface area contributed by atoms with Crippen LogP contribution in [0.3, 0.4) is 0 Å². The smallest absolute Gasteiger partial charge is 0.131 e. The summed E-state index contributed by atoms with van der Waals surface area (Å²) in [6, 6.07) is 10.8. The summed E-state index contributed by atoms with van der Waals surface area (Å²) in [6.07, 6.45) is 1.69. The van der Waals surface area contributed by atoms with Crippen LogP contribution in [-0.4, -0.2) is 0 Å². The molecule has 0 bridgehead atoms. The number of hydrogen-bond acceptors (Lipinski definition) is 2. The van der Waals surface area contributed by atoms with Crippen LogP contribution in [0.1, 0.15) is 29.9 Å². The van der Waals surface area contributed by atoms with Gasteiger partial charge < -0.3 is 9.73 Å². The van der Waals surface area contributed by atoms with Crippen molar-refractivity contribution in [3.05, 3.63) is 58.0 Å². The van der Waals surface area contributed by atoms with E-state index < -0.39 is 0 Å². The molecule has 17 heavy (non-hydrogen) atoms. The van der Waals surface area contributed by atoms with Crippen LogP contribution in [-0.2, 0) is 6.54 Å². The highest BCUT2D eigenvalue weighted by molar-refractivity contribution is 9.10. The molecule has 2 aromatic rings. The van der Waals surface area contributed by atoms with Gasteiger partial charge in [-0.05, 0) is 41.4 Å². The highest BCUT2D eigenvalue weighted by Gasteiger charge is 2.08. The van der Waals surface area contributed by atoms with Crippen LogP contribution in [0, 0.1) is 6.92 Å². The second kappa shape index (κ2) is 5.52. The van der Waals surface area contributed by atoms with Crippen LogP contribution in [0.25, 0.3) is 0 Å². The molecule has 0 unspecified atom stereocenters. The number of halogens is 1. The summed E-state index contributed by atoms with van der Waals surface area (Å²) in [6.45, 7) is 4.99. The van der Waals surface area contributed by atoms with Crippen molar-refractivity contribution in [3.8, 4) is 0 Å². The molecule has 0 aliphatic carbocycles. The van der Waals surface area contributed by atoms with Crippen molar-refractivity contribution in [1.29, 1.82) is 0 Å². The average Bonchev–Trinajstić information content (AvgIpc) is 2.72. The number of furan rings is 1. The molecule has 0 radical (unpaired) electrons. The Hall–Kier alpha value is -1.06. The lowest BCUT2D eigenvalue weighted by Crippen LogP contribution is -2.18.